The van der Waals surface area contributed by atoms with Gasteiger partial charge in [0.05, 0.1) is 5.92 Å². The molecule has 106 valence electrons. The van der Waals surface area contributed by atoms with E-state index in [4.69, 9.17) is 5.73 Å². The van der Waals surface area contributed by atoms with Crippen molar-refractivity contribution in [2.45, 2.75) is 25.8 Å². The van der Waals surface area contributed by atoms with Crippen molar-refractivity contribution in [3.8, 4) is 0 Å². The van der Waals surface area contributed by atoms with Gasteiger partial charge in [-0.1, -0.05) is 30.3 Å². The minimum Gasteiger partial charge on any atom is -0.369 e. The Balaban J connectivity index is 2.03. The SMILES string of the molecule is CC1CCC(C(N)=O)CN1C(=O)/C=C/c1ccccc1. The zero-order valence-electron chi connectivity index (χ0n) is 11.7. The molecule has 1 heterocycles. The van der Waals surface area contributed by atoms with Gasteiger partial charge in [0, 0.05) is 18.7 Å². The highest BCUT2D eigenvalue weighted by Crippen LogP contribution is 2.22. The smallest absolute Gasteiger partial charge is 0.246 e. The third-order valence-electron chi connectivity index (χ3n) is 3.79. The number of carbonyl (C=O) groups is 2. The molecular weight excluding hydrogens is 252 g/mol. The first kappa shape index (κ1) is 14.3. The van der Waals surface area contributed by atoms with Crippen LogP contribution in [0.25, 0.3) is 6.08 Å². The highest BCUT2D eigenvalue weighted by Gasteiger charge is 2.30. The van der Waals surface area contributed by atoms with E-state index in [9.17, 15) is 9.59 Å². The first-order valence-corrected chi connectivity index (χ1v) is 6.91. The van der Waals surface area contributed by atoms with E-state index in [2.05, 4.69) is 0 Å². The summed E-state index contributed by atoms with van der Waals surface area (Å²) in [7, 11) is 0. The van der Waals surface area contributed by atoms with Crippen molar-refractivity contribution in [1.29, 1.82) is 0 Å². The van der Waals surface area contributed by atoms with Crippen molar-refractivity contribution in [3.05, 3.63) is 42.0 Å². The van der Waals surface area contributed by atoms with Crippen molar-refractivity contribution in [3.63, 3.8) is 0 Å². The summed E-state index contributed by atoms with van der Waals surface area (Å²) in [5, 5.41) is 0. The van der Waals surface area contributed by atoms with Gasteiger partial charge in [-0.05, 0) is 31.4 Å². The first-order chi connectivity index (χ1) is 9.58. The minimum atomic E-state index is -0.318. The molecule has 2 unspecified atom stereocenters. The van der Waals surface area contributed by atoms with Gasteiger partial charge in [0.15, 0.2) is 0 Å². The number of rotatable bonds is 3. The summed E-state index contributed by atoms with van der Waals surface area (Å²) >= 11 is 0. The van der Waals surface area contributed by atoms with Crippen LogP contribution in [-0.2, 0) is 9.59 Å². The van der Waals surface area contributed by atoms with Crippen LogP contribution in [-0.4, -0.2) is 29.3 Å². The summed E-state index contributed by atoms with van der Waals surface area (Å²) in [5.41, 5.74) is 6.33. The molecule has 2 rings (SSSR count). The quantitative estimate of drug-likeness (QED) is 0.853. The van der Waals surface area contributed by atoms with E-state index in [-0.39, 0.29) is 23.8 Å². The fourth-order valence-corrected chi connectivity index (χ4v) is 2.47. The zero-order chi connectivity index (χ0) is 14.5. The molecule has 1 aliphatic heterocycles. The van der Waals surface area contributed by atoms with Gasteiger partial charge in [-0.2, -0.15) is 0 Å². The molecular formula is C16H20N2O2. The van der Waals surface area contributed by atoms with Crippen LogP contribution >= 0.6 is 0 Å². The molecule has 2 amide bonds. The van der Waals surface area contributed by atoms with Gasteiger partial charge in [0.2, 0.25) is 11.8 Å². The monoisotopic (exact) mass is 272 g/mol. The van der Waals surface area contributed by atoms with Gasteiger partial charge in [0.1, 0.15) is 0 Å². The number of benzene rings is 1. The Hall–Kier alpha value is -2.10. The number of likely N-dealkylation sites (tertiary alicyclic amines) is 1. The van der Waals surface area contributed by atoms with Gasteiger partial charge in [-0.25, -0.2) is 0 Å². The van der Waals surface area contributed by atoms with Crippen molar-refractivity contribution in [2.75, 3.05) is 6.54 Å². The van der Waals surface area contributed by atoms with Gasteiger partial charge < -0.3 is 10.6 Å². The molecule has 1 aliphatic rings. The van der Waals surface area contributed by atoms with Gasteiger partial charge in [-0.15, -0.1) is 0 Å². The number of hydrogen-bond acceptors (Lipinski definition) is 2. The van der Waals surface area contributed by atoms with E-state index in [0.29, 0.717) is 6.54 Å². The van der Waals surface area contributed by atoms with E-state index in [1.165, 1.54) is 0 Å². The van der Waals surface area contributed by atoms with Crippen molar-refractivity contribution >= 4 is 17.9 Å². The zero-order valence-corrected chi connectivity index (χ0v) is 11.7. The second-order valence-electron chi connectivity index (χ2n) is 5.26. The van der Waals surface area contributed by atoms with Gasteiger partial charge in [0.25, 0.3) is 0 Å². The summed E-state index contributed by atoms with van der Waals surface area (Å²) < 4.78 is 0. The summed E-state index contributed by atoms with van der Waals surface area (Å²) in [6, 6.07) is 9.82. The third kappa shape index (κ3) is 3.47. The fraction of sp³-hybridized carbons (Fsp3) is 0.375. The van der Waals surface area contributed by atoms with Crippen LogP contribution < -0.4 is 5.73 Å². The van der Waals surface area contributed by atoms with Crippen LogP contribution in [0.3, 0.4) is 0 Å². The number of nitrogens with zero attached hydrogens (tertiary/aromatic N) is 1. The van der Waals surface area contributed by atoms with Gasteiger partial charge in [-0.3, -0.25) is 9.59 Å². The minimum absolute atomic E-state index is 0.0627. The largest absolute Gasteiger partial charge is 0.369 e. The van der Waals surface area contributed by atoms with Crippen molar-refractivity contribution < 1.29 is 9.59 Å². The molecule has 0 radical (unpaired) electrons. The molecule has 2 N–H and O–H groups in total. The standard InChI is InChI=1S/C16H20N2O2/c1-12-7-9-14(16(17)20)11-18(12)15(19)10-8-13-5-3-2-4-6-13/h2-6,8,10,12,14H,7,9,11H2,1H3,(H2,17,20)/b10-8+. The number of nitrogens with two attached hydrogens (primary N) is 1. The van der Waals surface area contributed by atoms with E-state index in [1.54, 1.807) is 17.1 Å². The highest BCUT2D eigenvalue weighted by atomic mass is 16.2. The molecule has 4 heteroatoms. The predicted molar refractivity (Wildman–Crippen MR) is 78.6 cm³/mol. The summed E-state index contributed by atoms with van der Waals surface area (Å²) in [5.74, 6) is -0.602. The van der Waals surface area contributed by atoms with Crippen LogP contribution in [0.2, 0.25) is 0 Å². The topological polar surface area (TPSA) is 63.4 Å². The van der Waals surface area contributed by atoms with E-state index >= 15 is 0 Å². The van der Waals surface area contributed by atoms with Crippen LogP contribution in [0.5, 0.6) is 0 Å². The molecule has 4 nitrogen and oxygen atoms in total. The Bertz CT molecular complexity index is 510. The Morgan fingerprint density at radius 1 is 1.25 bits per heavy atom. The summed E-state index contributed by atoms with van der Waals surface area (Å²) in [6.45, 7) is 2.43. The van der Waals surface area contributed by atoms with Crippen LogP contribution in [0, 0.1) is 5.92 Å². The lowest BCUT2D eigenvalue weighted by atomic mass is 9.93. The molecule has 1 aromatic rings. The third-order valence-corrected chi connectivity index (χ3v) is 3.79. The molecule has 0 bridgehead atoms. The van der Waals surface area contributed by atoms with Crippen molar-refractivity contribution in [2.24, 2.45) is 11.7 Å². The molecule has 0 spiro atoms. The number of piperidine rings is 1. The normalized spacial score (nSPS) is 22.9. The summed E-state index contributed by atoms with van der Waals surface area (Å²) in [6.07, 6.45) is 4.94. The molecule has 0 aromatic heterocycles. The summed E-state index contributed by atoms with van der Waals surface area (Å²) in [4.78, 5) is 25.2. The lowest BCUT2D eigenvalue weighted by Gasteiger charge is -2.36. The fourth-order valence-electron chi connectivity index (χ4n) is 2.47. The lowest BCUT2D eigenvalue weighted by molar-refractivity contribution is -0.133. The second kappa shape index (κ2) is 6.37. The molecule has 1 fully saturated rings. The average Bonchev–Trinajstić information content (AvgIpc) is 2.46. The molecule has 1 aromatic carbocycles. The maximum Gasteiger partial charge on any atom is 0.246 e. The number of hydrogen-bond donors (Lipinski definition) is 1. The van der Waals surface area contributed by atoms with E-state index in [1.807, 2.05) is 37.3 Å². The Kier molecular flexibility index (Phi) is 4.56. The van der Waals surface area contributed by atoms with Crippen LogP contribution in [0.15, 0.2) is 36.4 Å². The Labute approximate surface area is 119 Å². The predicted octanol–water partition coefficient (Wildman–Crippen LogP) is 1.81. The highest BCUT2D eigenvalue weighted by molar-refractivity contribution is 5.92. The first-order valence-electron chi connectivity index (χ1n) is 6.91. The van der Waals surface area contributed by atoms with E-state index in [0.717, 1.165) is 18.4 Å². The number of primary amides is 1. The molecule has 2 atom stereocenters. The average molecular weight is 272 g/mol. The molecule has 0 saturated carbocycles. The number of carbonyl (C=O) groups excluding carboxylic acids is 2. The van der Waals surface area contributed by atoms with E-state index < -0.39 is 0 Å². The second-order valence-corrected chi connectivity index (χ2v) is 5.26. The molecule has 0 aliphatic carbocycles. The molecule has 1 saturated heterocycles. The maximum absolute atomic E-state index is 12.2. The number of amides is 2. The van der Waals surface area contributed by atoms with Gasteiger partial charge >= 0.3 is 0 Å². The Morgan fingerprint density at radius 2 is 1.95 bits per heavy atom. The Morgan fingerprint density at radius 3 is 2.60 bits per heavy atom. The maximum atomic E-state index is 12.2. The lowest BCUT2D eigenvalue weighted by Crippen LogP contribution is -2.48. The molecule has 20 heavy (non-hydrogen) atoms. The van der Waals surface area contributed by atoms with Crippen LogP contribution in [0.4, 0.5) is 0 Å². The van der Waals surface area contributed by atoms with Crippen molar-refractivity contribution in [1.82, 2.24) is 4.90 Å². The van der Waals surface area contributed by atoms with Crippen LogP contribution in [0.1, 0.15) is 25.3 Å².